The molecule has 0 unspecified atom stereocenters. The van der Waals surface area contributed by atoms with Gasteiger partial charge >= 0.3 is 0 Å². The second-order valence-corrected chi connectivity index (χ2v) is 8.02. The number of nitrogens with one attached hydrogen (secondary N) is 1. The molecule has 2 fully saturated rings. The normalized spacial score (nSPS) is 26.8. The quantitative estimate of drug-likeness (QED) is 0.908. The predicted molar refractivity (Wildman–Crippen MR) is 86.0 cm³/mol. The molecule has 3 rings (SSSR count). The minimum atomic E-state index is 0.449. The van der Waals surface area contributed by atoms with Crippen LogP contribution in [0.3, 0.4) is 0 Å². The van der Waals surface area contributed by atoms with Crippen LogP contribution in [-0.4, -0.2) is 16.0 Å². The highest BCUT2D eigenvalue weighted by molar-refractivity contribution is 5.08. The Bertz CT molecular complexity index is 448. The van der Waals surface area contributed by atoms with E-state index in [9.17, 15) is 0 Å². The van der Waals surface area contributed by atoms with Crippen molar-refractivity contribution in [2.75, 3.05) is 0 Å². The van der Waals surface area contributed by atoms with Gasteiger partial charge < -0.3 is 5.32 Å². The molecule has 0 bridgehead atoms. The summed E-state index contributed by atoms with van der Waals surface area (Å²) >= 11 is 0. The average molecular weight is 287 g/mol. The molecule has 0 radical (unpaired) electrons. The molecule has 2 aliphatic rings. The van der Waals surface area contributed by atoms with E-state index in [-0.39, 0.29) is 0 Å². The summed E-state index contributed by atoms with van der Waals surface area (Å²) in [5.41, 5.74) is 1.67. The minimum Gasteiger partial charge on any atom is -0.310 e. The third-order valence-corrected chi connectivity index (χ3v) is 5.21. The minimum absolute atomic E-state index is 0.449. The van der Waals surface area contributed by atoms with Crippen molar-refractivity contribution in [2.45, 2.75) is 77.8 Å². The van der Waals surface area contributed by atoms with Crippen molar-refractivity contribution in [3.05, 3.63) is 23.8 Å². The molecule has 0 amide bonds. The molecule has 3 heteroatoms. The zero-order valence-electron chi connectivity index (χ0n) is 13.7. The molecular formula is C18H29N3. The number of hydrogen-bond acceptors (Lipinski definition) is 3. The topological polar surface area (TPSA) is 37.8 Å². The van der Waals surface area contributed by atoms with Crippen molar-refractivity contribution in [2.24, 2.45) is 11.3 Å². The molecule has 2 aliphatic carbocycles. The van der Waals surface area contributed by atoms with Crippen LogP contribution >= 0.6 is 0 Å². The van der Waals surface area contributed by atoms with E-state index in [0.29, 0.717) is 11.3 Å². The standard InChI is InChI=1S/C18H29N3/c1-18(2,3)15-6-4-14(5-7-15)17-20-11-13(12-21-17)10-19-16-8-9-16/h11-12,14-16,19H,4-10H2,1-3H3. The number of aromatic nitrogens is 2. The van der Waals surface area contributed by atoms with Crippen LogP contribution in [0, 0.1) is 11.3 Å². The van der Waals surface area contributed by atoms with E-state index in [1.807, 2.05) is 12.4 Å². The molecule has 3 nitrogen and oxygen atoms in total. The first kappa shape index (κ1) is 15.0. The summed E-state index contributed by atoms with van der Waals surface area (Å²) < 4.78 is 0. The van der Waals surface area contributed by atoms with Crippen molar-refractivity contribution in [3.63, 3.8) is 0 Å². The predicted octanol–water partition coefficient (Wildman–Crippen LogP) is 4.05. The first-order valence-electron chi connectivity index (χ1n) is 8.56. The second-order valence-electron chi connectivity index (χ2n) is 8.02. The molecule has 0 saturated heterocycles. The maximum absolute atomic E-state index is 4.64. The molecule has 1 heterocycles. The van der Waals surface area contributed by atoms with Gasteiger partial charge in [0.15, 0.2) is 0 Å². The van der Waals surface area contributed by atoms with Gasteiger partial charge in [0.2, 0.25) is 0 Å². The lowest BCUT2D eigenvalue weighted by molar-refractivity contribution is 0.167. The largest absolute Gasteiger partial charge is 0.310 e. The molecule has 1 aromatic rings. The molecule has 1 aromatic heterocycles. The van der Waals surface area contributed by atoms with Gasteiger partial charge in [0.05, 0.1) is 0 Å². The molecule has 0 spiro atoms. The molecule has 116 valence electrons. The Kier molecular flexibility index (Phi) is 4.30. The number of rotatable bonds is 4. The molecule has 21 heavy (non-hydrogen) atoms. The molecule has 0 aliphatic heterocycles. The maximum atomic E-state index is 4.64. The Morgan fingerprint density at radius 2 is 1.62 bits per heavy atom. The van der Waals surface area contributed by atoms with E-state index >= 15 is 0 Å². The average Bonchev–Trinajstić information content (AvgIpc) is 3.29. The van der Waals surface area contributed by atoms with E-state index in [4.69, 9.17) is 0 Å². The van der Waals surface area contributed by atoms with Crippen LogP contribution in [0.25, 0.3) is 0 Å². The highest BCUT2D eigenvalue weighted by atomic mass is 15.0. The lowest BCUT2D eigenvalue weighted by Crippen LogP contribution is -2.25. The number of nitrogens with zero attached hydrogens (tertiary/aromatic N) is 2. The summed E-state index contributed by atoms with van der Waals surface area (Å²) in [4.78, 5) is 9.27. The van der Waals surface area contributed by atoms with Crippen LogP contribution in [0.5, 0.6) is 0 Å². The van der Waals surface area contributed by atoms with E-state index in [0.717, 1.165) is 24.3 Å². The lowest BCUT2D eigenvalue weighted by atomic mass is 9.70. The van der Waals surface area contributed by atoms with Crippen LogP contribution in [-0.2, 0) is 6.54 Å². The van der Waals surface area contributed by atoms with Gasteiger partial charge in [-0.2, -0.15) is 0 Å². The van der Waals surface area contributed by atoms with Crippen LogP contribution in [0.15, 0.2) is 12.4 Å². The zero-order valence-corrected chi connectivity index (χ0v) is 13.7. The van der Waals surface area contributed by atoms with Gasteiger partial charge in [-0.3, -0.25) is 0 Å². The Hall–Kier alpha value is -0.960. The van der Waals surface area contributed by atoms with Crippen LogP contribution in [0.2, 0.25) is 0 Å². The highest BCUT2D eigenvalue weighted by Crippen LogP contribution is 2.42. The van der Waals surface area contributed by atoms with Crippen LogP contribution < -0.4 is 5.32 Å². The summed E-state index contributed by atoms with van der Waals surface area (Å²) in [5.74, 6) is 2.50. The molecular weight excluding hydrogens is 258 g/mol. The lowest BCUT2D eigenvalue weighted by Gasteiger charge is -2.36. The first-order valence-corrected chi connectivity index (χ1v) is 8.56. The highest BCUT2D eigenvalue weighted by Gasteiger charge is 2.31. The first-order chi connectivity index (χ1) is 10.0. The molecule has 1 N–H and O–H groups in total. The van der Waals surface area contributed by atoms with E-state index < -0.39 is 0 Å². The van der Waals surface area contributed by atoms with E-state index in [1.54, 1.807) is 0 Å². The van der Waals surface area contributed by atoms with Crippen LogP contribution in [0.1, 0.15) is 76.6 Å². The van der Waals surface area contributed by atoms with Crippen molar-refractivity contribution in [1.82, 2.24) is 15.3 Å². The van der Waals surface area contributed by atoms with Gasteiger partial charge in [-0.1, -0.05) is 20.8 Å². The van der Waals surface area contributed by atoms with Gasteiger partial charge in [-0.25, -0.2) is 9.97 Å². The van der Waals surface area contributed by atoms with Gasteiger partial charge in [0, 0.05) is 36.5 Å². The number of hydrogen-bond donors (Lipinski definition) is 1. The fourth-order valence-electron chi connectivity index (χ4n) is 3.43. The third kappa shape index (κ3) is 4.03. The third-order valence-electron chi connectivity index (χ3n) is 5.21. The Morgan fingerprint density at radius 1 is 1.00 bits per heavy atom. The van der Waals surface area contributed by atoms with Gasteiger partial charge in [-0.05, 0) is 49.9 Å². The molecule has 0 aromatic carbocycles. The summed E-state index contributed by atoms with van der Waals surface area (Å²) in [5, 5.41) is 3.51. The summed E-state index contributed by atoms with van der Waals surface area (Å²) in [6, 6.07) is 0.748. The van der Waals surface area contributed by atoms with Crippen molar-refractivity contribution in [3.8, 4) is 0 Å². The zero-order chi connectivity index (χ0) is 14.9. The smallest absolute Gasteiger partial charge is 0.131 e. The Morgan fingerprint density at radius 3 is 2.14 bits per heavy atom. The van der Waals surface area contributed by atoms with Crippen molar-refractivity contribution < 1.29 is 0 Å². The Labute approximate surface area is 129 Å². The SMILES string of the molecule is CC(C)(C)C1CCC(c2ncc(CNC3CC3)cn2)CC1. The second kappa shape index (κ2) is 6.04. The fourth-order valence-corrected chi connectivity index (χ4v) is 3.43. The van der Waals surface area contributed by atoms with Gasteiger partial charge in [0.1, 0.15) is 5.82 Å². The molecule has 0 atom stereocenters. The maximum Gasteiger partial charge on any atom is 0.131 e. The summed E-state index contributed by atoms with van der Waals surface area (Å²) in [6.45, 7) is 8.03. The summed E-state index contributed by atoms with van der Waals surface area (Å²) in [6.07, 6.45) is 11.8. The molecule has 2 saturated carbocycles. The fraction of sp³-hybridized carbons (Fsp3) is 0.778. The van der Waals surface area contributed by atoms with Crippen molar-refractivity contribution in [1.29, 1.82) is 0 Å². The van der Waals surface area contributed by atoms with Crippen molar-refractivity contribution >= 4 is 0 Å². The van der Waals surface area contributed by atoms with E-state index in [1.165, 1.54) is 44.1 Å². The van der Waals surface area contributed by atoms with E-state index in [2.05, 4.69) is 36.1 Å². The Balaban J connectivity index is 1.52. The van der Waals surface area contributed by atoms with Gasteiger partial charge in [-0.15, -0.1) is 0 Å². The summed E-state index contributed by atoms with van der Waals surface area (Å²) in [7, 11) is 0. The monoisotopic (exact) mass is 287 g/mol. The van der Waals surface area contributed by atoms with Gasteiger partial charge in [0.25, 0.3) is 0 Å². The van der Waals surface area contributed by atoms with Crippen LogP contribution in [0.4, 0.5) is 0 Å².